The highest BCUT2D eigenvalue weighted by Gasteiger charge is 2.38. The second kappa shape index (κ2) is 5.23. The molecule has 0 amide bonds. The number of hydrogen-bond acceptors (Lipinski definition) is 3. The molecule has 1 aromatic rings. The molecule has 1 saturated heterocycles. The Hall–Kier alpha value is -0.320. The molecule has 19 heavy (non-hydrogen) atoms. The summed E-state index contributed by atoms with van der Waals surface area (Å²) in [6.07, 6.45) is 2.31. The number of hydrogen-bond donors (Lipinski definition) is 2. The maximum absolute atomic E-state index is 10.4. The van der Waals surface area contributed by atoms with Crippen LogP contribution < -0.4 is 5.73 Å². The number of likely N-dealkylation sites (tertiary alicyclic amines) is 1. The summed E-state index contributed by atoms with van der Waals surface area (Å²) < 4.78 is 0. The fraction of sp³-hybridized carbons (Fsp3) is 0.571. The third-order valence-corrected chi connectivity index (χ3v) is 4.73. The topological polar surface area (TPSA) is 49.5 Å². The molecule has 3 rings (SSSR count). The number of nitrogens with two attached hydrogens (primary N) is 1. The highest BCUT2D eigenvalue weighted by Crippen LogP contribution is 2.41. The van der Waals surface area contributed by atoms with Crippen LogP contribution in [0.5, 0.6) is 0 Å². The van der Waals surface area contributed by atoms with E-state index in [1.165, 1.54) is 0 Å². The van der Waals surface area contributed by atoms with Crippen LogP contribution in [0.2, 0.25) is 10.0 Å². The van der Waals surface area contributed by atoms with Gasteiger partial charge in [0.1, 0.15) is 0 Å². The summed E-state index contributed by atoms with van der Waals surface area (Å²) in [6, 6.07) is 3.86. The van der Waals surface area contributed by atoms with Crippen molar-refractivity contribution in [3.05, 3.63) is 33.3 Å². The van der Waals surface area contributed by atoms with E-state index in [9.17, 15) is 5.11 Å². The van der Waals surface area contributed by atoms with Crippen LogP contribution in [-0.4, -0.2) is 35.2 Å². The van der Waals surface area contributed by atoms with E-state index in [2.05, 4.69) is 4.90 Å². The number of rotatable bonds is 1. The molecule has 0 aromatic heterocycles. The normalized spacial score (nSPS) is 31.5. The molecular weight excluding hydrogens is 283 g/mol. The minimum absolute atomic E-state index is 0.0162. The summed E-state index contributed by atoms with van der Waals surface area (Å²) >= 11 is 12.3. The molecule has 1 aliphatic heterocycles. The zero-order chi connectivity index (χ0) is 13.6. The highest BCUT2D eigenvalue weighted by atomic mass is 35.5. The summed E-state index contributed by atoms with van der Waals surface area (Å²) in [7, 11) is 0. The molecule has 1 aromatic carbocycles. The Kier molecular flexibility index (Phi) is 3.76. The van der Waals surface area contributed by atoms with E-state index >= 15 is 0 Å². The molecule has 3 N–H and O–H groups in total. The number of aliphatic hydroxyl groups is 1. The minimum atomic E-state index is -0.420. The Morgan fingerprint density at radius 3 is 2.84 bits per heavy atom. The van der Waals surface area contributed by atoms with Gasteiger partial charge < -0.3 is 10.8 Å². The summed E-state index contributed by atoms with van der Waals surface area (Å²) in [5.74, 6) is 0. The first kappa shape index (κ1) is 13.7. The quantitative estimate of drug-likeness (QED) is 0.837. The van der Waals surface area contributed by atoms with Gasteiger partial charge in [-0.15, -0.1) is 0 Å². The van der Waals surface area contributed by atoms with Crippen LogP contribution in [0.15, 0.2) is 12.1 Å². The third kappa shape index (κ3) is 2.50. The molecule has 0 spiro atoms. The Morgan fingerprint density at radius 1 is 1.32 bits per heavy atom. The van der Waals surface area contributed by atoms with E-state index in [1.807, 2.05) is 6.07 Å². The van der Waals surface area contributed by atoms with Crippen molar-refractivity contribution in [2.24, 2.45) is 5.73 Å². The number of aliphatic hydroxyl groups excluding tert-OH is 1. The average Bonchev–Trinajstić information content (AvgIpc) is 2.66. The first-order valence-electron chi connectivity index (χ1n) is 6.72. The van der Waals surface area contributed by atoms with Crippen molar-refractivity contribution >= 4 is 23.2 Å². The van der Waals surface area contributed by atoms with Crippen LogP contribution in [0.4, 0.5) is 0 Å². The standard InChI is InChI=1S/C14H18Cl2N2O/c15-8-4-11-10(12(16)5-8)6-13(19)14(11)18-3-1-2-9(17)7-18/h4-5,9,13-14,19H,1-3,6-7,17H2. The van der Waals surface area contributed by atoms with Crippen molar-refractivity contribution in [1.29, 1.82) is 0 Å². The van der Waals surface area contributed by atoms with Crippen molar-refractivity contribution < 1.29 is 5.11 Å². The number of halogens is 2. The second-order valence-corrected chi connectivity index (χ2v) is 6.41. The van der Waals surface area contributed by atoms with Gasteiger partial charge >= 0.3 is 0 Å². The Morgan fingerprint density at radius 2 is 2.11 bits per heavy atom. The SMILES string of the molecule is NC1CCCN(C2c3cc(Cl)cc(Cl)c3CC2O)C1. The van der Waals surface area contributed by atoms with E-state index in [-0.39, 0.29) is 12.1 Å². The molecule has 1 heterocycles. The average molecular weight is 301 g/mol. The van der Waals surface area contributed by atoms with Crippen molar-refractivity contribution in [3.8, 4) is 0 Å². The lowest BCUT2D eigenvalue weighted by Gasteiger charge is -2.37. The molecule has 0 saturated carbocycles. The predicted molar refractivity (Wildman–Crippen MR) is 77.7 cm³/mol. The number of benzene rings is 1. The maximum atomic E-state index is 10.4. The summed E-state index contributed by atoms with van der Waals surface area (Å²) in [5.41, 5.74) is 8.14. The summed E-state index contributed by atoms with van der Waals surface area (Å²) in [6.45, 7) is 1.80. The molecular formula is C14H18Cl2N2O. The minimum Gasteiger partial charge on any atom is -0.391 e. The van der Waals surface area contributed by atoms with E-state index in [1.54, 1.807) is 6.07 Å². The van der Waals surface area contributed by atoms with Gasteiger partial charge in [-0.3, -0.25) is 4.90 Å². The van der Waals surface area contributed by atoms with Gasteiger partial charge in [0, 0.05) is 29.1 Å². The Bertz CT molecular complexity index is 495. The summed E-state index contributed by atoms with van der Waals surface area (Å²) in [5, 5.41) is 11.7. The van der Waals surface area contributed by atoms with E-state index in [4.69, 9.17) is 28.9 Å². The largest absolute Gasteiger partial charge is 0.391 e. The van der Waals surface area contributed by atoms with Crippen molar-refractivity contribution in [2.75, 3.05) is 13.1 Å². The van der Waals surface area contributed by atoms with E-state index in [0.29, 0.717) is 16.5 Å². The number of piperidine rings is 1. The first-order valence-corrected chi connectivity index (χ1v) is 7.47. The van der Waals surface area contributed by atoms with Crippen LogP contribution in [0, 0.1) is 0 Å². The van der Waals surface area contributed by atoms with E-state index < -0.39 is 6.10 Å². The molecule has 5 heteroatoms. The van der Waals surface area contributed by atoms with Gasteiger partial charge in [-0.05, 0) is 42.6 Å². The highest BCUT2D eigenvalue weighted by molar-refractivity contribution is 6.35. The number of nitrogens with zero attached hydrogens (tertiary/aromatic N) is 1. The van der Waals surface area contributed by atoms with Crippen LogP contribution in [0.1, 0.15) is 30.0 Å². The van der Waals surface area contributed by atoms with Crippen molar-refractivity contribution in [1.82, 2.24) is 4.90 Å². The van der Waals surface area contributed by atoms with Crippen LogP contribution in [0.3, 0.4) is 0 Å². The summed E-state index contributed by atoms with van der Waals surface area (Å²) in [4.78, 5) is 2.28. The van der Waals surface area contributed by atoms with Crippen LogP contribution in [0.25, 0.3) is 0 Å². The zero-order valence-corrected chi connectivity index (χ0v) is 12.2. The molecule has 0 bridgehead atoms. The molecule has 3 nitrogen and oxygen atoms in total. The first-order chi connectivity index (χ1) is 9.06. The second-order valence-electron chi connectivity index (χ2n) is 5.57. The van der Waals surface area contributed by atoms with Gasteiger partial charge in [-0.25, -0.2) is 0 Å². The van der Waals surface area contributed by atoms with Gasteiger partial charge in [0.2, 0.25) is 0 Å². The lowest BCUT2D eigenvalue weighted by atomic mass is 10.00. The van der Waals surface area contributed by atoms with Crippen molar-refractivity contribution in [3.63, 3.8) is 0 Å². The fourth-order valence-corrected chi connectivity index (χ4v) is 3.95. The monoisotopic (exact) mass is 300 g/mol. The zero-order valence-electron chi connectivity index (χ0n) is 10.6. The predicted octanol–water partition coefficient (Wildman–Crippen LogP) is 2.37. The van der Waals surface area contributed by atoms with Gasteiger partial charge in [0.15, 0.2) is 0 Å². The molecule has 1 fully saturated rings. The lowest BCUT2D eigenvalue weighted by Crippen LogP contribution is -2.46. The fourth-order valence-electron chi connectivity index (χ4n) is 3.36. The molecule has 1 aliphatic carbocycles. The molecule has 3 atom stereocenters. The molecule has 0 radical (unpaired) electrons. The number of fused-ring (bicyclic) bond motifs is 1. The van der Waals surface area contributed by atoms with Gasteiger partial charge in [0.25, 0.3) is 0 Å². The smallest absolute Gasteiger partial charge is 0.0778 e. The van der Waals surface area contributed by atoms with Crippen LogP contribution >= 0.6 is 23.2 Å². The van der Waals surface area contributed by atoms with Crippen LogP contribution in [-0.2, 0) is 6.42 Å². The van der Waals surface area contributed by atoms with Gasteiger partial charge in [-0.2, -0.15) is 0 Å². The third-order valence-electron chi connectivity index (χ3n) is 4.17. The lowest BCUT2D eigenvalue weighted by molar-refractivity contribution is 0.0449. The molecule has 2 aliphatic rings. The maximum Gasteiger partial charge on any atom is 0.0778 e. The van der Waals surface area contributed by atoms with Gasteiger partial charge in [-0.1, -0.05) is 23.2 Å². The molecule has 3 unspecified atom stereocenters. The Labute approximate surface area is 123 Å². The van der Waals surface area contributed by atoms with Gasteiger partial charge in [0.05, 0.1) is 12.1 Å². The van der Waals surface area contributed by atoms with E-state index in [0.717, 1.165) is 37.1 Å². The molecule has 104 valence electrons. The van der Waals surface area contributed by atoms with Crippen molar-refractivity contribution in [2.45, 2.75) is 37.5 Å². The Balaban J connectivity index is 1.95.